The number of hydrogen-bond acceptors (Lipinski definition) is 3. The fourth-order valence-corrected chi connectivity index (χ4v) is 6.27. The normalized spacial score (nSPS) is 42.2. The molecule has 2 saturated carbocycles. The molecule has 0 aromatic rings. The molecule has 3 aliphatic carbocycles. The van der Waals surface area contributed by atoms with Gasteiger partial charge in [-0.2, -0.15) is 0 Å². The molecule has 0 spiro atoms. The Kier molecular flexibility index (Phi) is 4.15. The Labute approximate surface area is 140 Å². The molecule has 2 fully saturated rings. The molecule has 3 nitrogen and oxygen atoms in total. The first-order valence-corrected chi connectivity index (χ1v) is 9.22. The molecular formula is C20H32O3. The lowest BCUT2D eigenvalue weighted by atomic mass is 9.44. The molecule has 23 heavy (non-hydrogen) atoms. The van der Waals surface area contributed by atoms with Crippen molar-refractivity contribution in [2.24, 2.45) is 28.1 Å². The van der Waals surface area contributed by atoms with Crippen LogP contribution in [-0.4, -0.2) is 24.8 Å². The van der Waals surface area contributed by atoms with E-state index in [2.05, 4.69) is 26.8 Å². The van der Waals surface area contributed by atoms with Gasteiger partial charge in [0.1, 0.15) is 0 Å². The van der Waals surface area contributed by atoms with Gasteiger partial charge in [0.05, 0.1) is 19.1 Å². The van der Waals surface area contributed by atoms with Crippen LogP contribution >= 0.6 is 0 Å². The summed E-state index contributed by atoms with van der Waals surface area (Å²) in [7, 11) is 1.50. The molecule has 0 aromatic heterocycles. The zero-order valence-electron chi connectivity index (χ0n) is 15.2. The third-order valence-corrected chi connectivity index (χ3v) is 7.48. The molecule has 0 aromatic carbocycles. The monoisotopic (exact) mass is 320 g/mol. The second-order valence-corrected chi connectivity index (χ2v) is 8.95. The first-order valence-electron chi connectivity index (χ1n) is 9.22. The summed E-state index contributed by atoms with van der Waals surface area (Å²) >= 11 is 0. The first-order chi connectivity index (χ1) is 10.8. The van der Waals surface area contributed by atoms with Crippen molar-refractivity contribution in [1.82, 2.24) is 0 Å². The van der Waals surface area contributed by atoms with Crippen LogP contribution in [-0.2, 0) is 9.53 Å². The molecule has 130 valence electrons. The van der Waals surface area contributed by atoms with E-state index in [1.54, 1.807) is 0 Å². The lowest BCUT2D eigenvalue weighted by Crippen LogP contribution is -2.55. The van der Waals surface area contributed by atoms with Gasteiger partial charge in [-0.1, -0.05) is 31.9 Å². The van der Waals surface area contributed by atoms with E-state index >= 15 is 0 Å². The van der Waals surface area contributed by atoms with Crippen LogP contribution in [0.1, 0.15) is 65.7 Å². The average molecular weight is 320 g/mol. The average Bonchev–Trinajstić information content (AvgIpc) is 2.53. The fraction of sp³-hybridized carbons (Fsp3) is 0.850. The molecule has 3 aliphatic rings. The number of hydrogen-bond donors (Lipinski definition) is 1. The molecule has 0 amide bonds. The molecule has 0 heterocycles. The number of methoxy groups -OCH3 is 1. The maximum atomic E-state index is 12.5. The number of aliphatic hydroxyl groups excluding tert-OH is 1. The van der Waals surface area contributed by atoms with E-state index in [1.165, 1.54) is 25.5 Å². The van der Waals surface area contributed by atoms with E-state index in [4.69, 9.17) is 4.74 Å². The molecule has 0 aliphatic heterocycles. The van der Waals surface area contributed by atoms with E-state index in [1.807, 2.05) is 0 Å². The second kappa shape index (κ2) is 5.61. The van der Waals surface area contributed by atoms with Crippen LogP contribution in [0.15, 0.2) is 11.6 Å². The van der Waals surface area contributed by atoms with Gasteiger partial charge in [-0.25, -0.2) is 0 Å². The third kappa shape index (κ3) is 2.30. The number of ether oxygens (including phenoxy) is 1. The van der Waals surface area contributed by atoms with E-state index in [0.29, 0.717) is 5.92 Å². The Bertz CT molecular complexity index is 521. The van der Waals surface area contributed by atoms with Gasteiger partial charge in [0, 0.05) is 5.41 Å². The highest BCUT2D eigenvalue weighted by molar-refractivity contribution is 5.77. The first kappa shape index (κ1) is 17.0. The minimum atomic E-state index is -0.423. The SMILES string of the molecule is COC(=O)[C@@]1(C)CCC=C2[C@H]1CC[C@@H]1C(C)(C)CCC[C@@]21CO. The molecule has 0 unspecified atom stereocenters. The molecule has 4 atom stereocenters. The lowest BCUT2D eigenvalue weighted by molar-refractivity contribution is -0.158. The minimum absolute atomic E-state index is 0.0743. The summed E-state index contributed by atoms with van der Waals surface area (Å²) in [5, 5.41) is 10.5. The van der Waals surface area contributed by atoms with E-state index in [9.17, 15) is 9.90 Å². The van der Waals surface area contributed by atoms with Gasteiger partial charge >= 0.3 is 5.97 Å². The smallest absolute Gasteiger partial charge is 0.312 e. The maximum Gasteiger partial charge on any atom is 0.312 e. The van der Waals surface area contributed by atoms with Crippen LogP contribution in [0.5, 0.6) is 0 Å². The van der Waals surface area contributed by atoms with Gasteiger partial charge in [-0.15, -0.1) is 0 Å². The topological polar surface area (TPSA) is 46.5 Å². The summed E-state index contributed by atoms with van der Waals surface area (Å²) in [6, 6.07) is 0. The maximum absolute atomic E-state index is 12.5. The van der Waals surface area contributed by atoms with Gasteiger partial charge < -0.3 is 9.84 Å². The van der Waals surface area contributed by atoms with Crippen molar-refractivity contribution in [3.8, 4) is 0 Å². The Hall–Kier alpha value is -0.830. The van der Waals surface area contributed by atoms with Crippen LogP contribution in [0.2, 0.25) is 0 Å². The molecule has 3 heteroatoms. The quantitative estimate of drug-likeness (QED) is 0.615. The van der Waals surface area contributed by atoms with Crippen LogP contribution in [0, 0.1) is 28.1 Å². The van der Waals surface area contributed by atoms with Gasteiger partial charge in [0.25, 0.3) is 0 Å². The van der Waals surface area contributed by atoms with E-state index in [0.717, 1.165) is 32.1 Å². The van der Waals surface area contributed by atoms with Crippen LogP contribution in [0.25, 0.3) is 0 Å². The zero-order valence-corrected chi connectivity index (χ0v) is 15.2. The van der Waals surface area contributed by atoms with Crippen molar-refractivity contribution in [3.05, 3.63) is 11.6 Å². The highest BCUT2D eigenvalue weighted by atomic mass is 16.5. The van der Waals surface area contributed by atoms with Gasteiger partial charge in [-0.05, 0) is 62.7 Å². The number of carbonyl (C=O) groups is 1. The highest BCUT2D eigenvalue weighted by Crippen LogP contribution is 2.64. The summed E-state index contributed by atoms with van der Waals surface area (Å²) in [4.78, 5) is 12.5. The fourth-order valence-electron chi connectivity index (χ4n) is 6.27. The predicted octanol–water partition coefficient (Wildman–Crippen LogP) is 4.10. The Morgan fingerprint density at radius 3 is 2.65 bits per heavy atom. The summed E-state index contributed by atoms with van der Waals surface area (Å²) in [6.45, 7) is 7.03. The van der Waals surface area contributed by atoms with Crippen molar-refractivity contribution in [2.45, 2.75) is 65.7 Å². The van der Waals surface area contributed by atoms with Crippen molar-refractivity contribution in [2.75, 3.05) is 13.7 Å². The summed E-state index contributed by atoms with van der Waals surface area (Å²) in [5.41, 5.74) is 1.11. The van der Waals surface area contributed by atoms with Gasteiger partial charge in [0.2, 0.25) is 0 Å². The molecule has 1 N–H and O–H groups in total. The Morgan fingerprint density at radius 1 is 1.26 bits per heavy atom. The number of esters is 1. The summed E-state index contributed by atoms with van der Waals surface area (Å²) in [5.74, 6) is 0.687. The summed E-state index contributed by atoms with van der Waals surface area (Å²) in [6.07, 6.45) is 9.79. The van der Waals surface area contributed by atoms with Crippen LogP contribution in [0.4, 0.5) is 0 Å². The molecule has 0 radical (unpaired) electrons. The minimum Gasteiger partial charge on any atom is -0.469 e. The largest absolute Gasteiger partial charge is 0.469 e. The van der Waals surface area contributed by atoms with Crippen LogP contribution in [0.3, 0.4) is 0 Å². The van der Waals surface area contributed by atoms with Crippen molar-refractivity contribution in [1.29, 1.82) is 0 Å². The molecule has 3 rings (SSSR count). The number of aliphatic hydroxyl groups is 1. The van der Waals surface area contributed by atoms with Crippen molar-refractivity contribution < 1.29 is 14.6 Å². The van der Waals surface area contributed by atoms with Gasteiger partial charge in [0.15, 0.2) is 0 Å². The molecule has 0 saturated heterocycles. The third-order valence-electron chi connectivity index (χ3n) is 7.48. The van der Waals surface area contributed by atoms with Crippen LogP contribution < -0.4 is 0 Å². The summed E-state index contributed by atoms with van der Waals surface area (Å²) < 4.78 is 5.16. The number of fused-ring (bicyclic) bond motifs is 3. The van der Waals surface area contributed by atoms with E-state index < -0.39 is 5.41 Å². The number of rotatable bonds is 2. The van der Waals surface area contributed by atoms with Crippen molar-refractivity contribution >= 4 is 5.97 Å². The van der Waals surface area contributed by atoms with Crippen molar-refractivity contribution in [3.63, 3.8) is 0 Å². The molecular weight excluding hydrogens is 288 g/mol. The molecule has 0 bridgehead atoms. The predicted molar refractivity (Wildman–Crippen MR) is 90.8 cm³/mol. The lowest BCUT2D eigenvalue weighted by Gasteiger charge is -2.60. The Morgan fingerprint density at radius 2 is 2.00 bits per heavy atom. The second-order valence-electron chi connectivity index (χ2n) is 8.95. The van der Waals surface area contributed by atoms with E-state index in [-0.39, 0.29) is 29.3 Å². The Balaban J connectivity index is 2.05. The highest BCUT2D eigenvalue weighted by Gasteiger charge is 2.59. The number of carbonyl (C=O) groups excluding carboxylic acids is 1. The number of allylic oxidation sites excluding steroid dienone is 1. The zero-order chi connectivity index (χ0) is 16.9. The van der Waals surface area contributed by atoms with Gasteiger partial charge in [-0.3, -0.25) is 4.79 Å². The standard InChI is InChI=1S/C20H32O3/c1-18(2)10-6-12-20(13-21)15-7-5-11-19(3,17(22)23-4)14(15)8-9-16(18)20/h7,14,16,21H,5-6,8-13H2,1-4H3/t14-,16-,19+,20-/m1/s1.